The van der Waals surface area contributed by atoms with Crippen LogP contribution < -0.4 is 11.5 Å². The van der Waals surface area contributed by atoms with Gasteiger partial charge < -0.3 is 16.4 Å². The average Bonchev–Trinajstić information content (AvgIpc) is 2.27. The molecule has 0 saturated carbocycles. The van der Waals surface area contributed by atoms with E-state index in [-0.39, 0.29) is 12.3 Å². The fourth-order valence-corrected chi connectivity index (χ4v) is 2.14. The molecule has 1 saturated heterocycles. The Labute approximate surface area is 96.1 Å². The predicted octanol–water partition coefficient (Wildman–Crippen LogP) is -0.162. The molecule has 1 aliphatic rings. The SMILES string of the molecule is CCC1CCCN(C(=O)C(N)CC(N)=O)C1. The summed E-state index contributed by atoms with van der Waals surface area (Å²) in [5, 5.41) is 0. The summed E-state index contributed by atoms with van der Waals surface area (Å²) in [5.41, 5.74) is 10.7. The molecule has 5 nitrogen and oxygen atoms in total. The lowest BCUT2D eigenvalue weighted by atomic mass is 9.95. The van der Waals surface area contributed by atoms with Crippen LogP contribution in [0.15, 0.2) is 0 Å². The van der Waals surface area contributed by atoms with Crippen LogP contribution in [0.2, 0.25) is 0 Å². The van der Waals surface area contributed by atoms with Crippen LogP contribution in [0.5, 0.6) is 0 Å². The molecular weight excluding hydrogens is 206 g/mol. The molecule has 1 heterocycles. The van der Waals surface area contributed by atoms with Crippen molar-refractivity contribution in [3.8, 4) is 0 Å². The van der Waals surface area contributed by atoms with Crippen molar-refractivity contribution in [3.63, 3.8) is 0 Å². The highest BCUT2D eigenvalue weighted by atomic mass is 16.2. The molecule has 2 amide bonds. The Hall–Kier alpha value is -1.10. The number of rotatable bonds is 4. The number of hydrogen-bond acceptors (Lipinski definition) is 3. The Balaban J connectivity index is 2.49. The molecule has 0 radical (unpaired) electrons. The van der Waals surface area contributed by atoms with Gasteiger partial charge in [0.2, 0.25) is 11.8 Å². The molecule has 2 atom stereocenters. The minimum absolute atomic E-state index is 0.0634. The zero-order valence-corrected chi connectivity index (χ0v) is 9.82. The molecule has 92 valence electrons. The lowest BCUT2D eigenvalue weighted by Gasteiger charge is -2.33. The second-order valence-electron chi connectivity index (χ2n) is 4.48. The second kappa shape index (κ2) is 5.84. The summed E-state index contributed by atoms with van der Waals surface area (Å²) in [7, 11) is 0. The van der Waals surface area contributed by atoms with E-state index >= 15 is 0 Å². The van der Waals surface area contributed by atoms with Gasteiger partial charge in [0.1, 0.15) is 0 Å². The molecule has 0 aromatic carbocycles. The topological polar surface area (TPSA) is 89.4 Å². The van der Waals surface area contributed by atoms with Gasteiger partial charge in [0.25, 0.3) is 0 Å². The quantitative estimate of drug-likeness (QED) is 0.699. The Morgan fingerprint density at radius 1 is 1.50 bits per heavy atom. The van der Waals surface area contributed by atoms with E-state index in [0.717, 1.165) is 25.9 Å². The Kier molecular flexibility index (Phi) is 4.73. The maximum Gasteiger partial charge on any atom is 0.240 e. The van der Waals surface area contributed by atoms with Crippen LogP contribution >= 0.6 is 0 Å². The molecular formula is C11H21N3O2. The minimum atomic E-state index is -0.770. The van der Waals surface area contributed by atoms with Crippen molar-refractivity contribution in [2.45, 2.75) is 38.6 Å². The summed E-state index contributed by atoms with van der Waals surface area (Å²) in [5.74, 6) is -0.0969. The third-order valence-corrected chi connectivity index (χ3v) is 3.15. The zero-order valence-electron chi connectivity index (χ0n) is 9.82. The van der Waals surface area contributed by atoms with Crippen molar-refractivity contribution < 1.29 is 9.59 Å². The number of hydrogen-bond donors (Lipinski definition) is 2. The summed E-state index contributed by atoms with van der Waals surface area (Å²) in [6.45, 7) is 3.64. The van der Waals surface area contributed by atoms with Crippen molar-refractivity contribution in [1.29, 1.82) is 0 Å². The molecule has 0 aliphatic carbocycles. The van der Waals surface area contributed by atoms with E-state index in [0.29, 0.717) is 5.92 Å². The third-order valence-electron chi connectivity index (χ3n) is 3.15. The van der Waals surface area contributed by atoms with Crippen molar-refractivity contribution in [2.75, 3.05) is 13.1 Å². The van der Waals surface area contributed by atoms with Crippen LogP contribution in [0.4, 0.5) is 0 Å². The average molecular weight is 227 g/mol. The van der Waals surface area contributed by atoms with Gasteiger partial charge in [-0.2, -0.15) is 0 Å². The van der Waals surface area contributed by atoms with E-state index in [1.165, 1.54) is 6.42 Å². The molecule has 1 fully saturated rings. The van der Waals surface area contributed by atoms with Crippen LogP contribution in [0.3, 0.4) is 0 Å². The van der Waals surface area contributed by atoms with Crippen LogP contribution in [0.25, 0.3) is 0 Å². The summed E-state index contributed by atoms with van der Waals surface area (Å²) in [6, 6.07) is -0.770. The van der Waals surface area contributed by atoms with E-state index in [1.54, 1.807) is 4.90 Å². The van der Waals surface area contributed by atoms with Crippen LogP contribution in [-0.4, -0.2) is 35.8 Å². The molecule has 0 spiro atoms. The van der Waals surface area contributed by atoms with Crippen molar-refractivity contribution in [2.24, 2.45) is 17.4 Å². The lowest BCUT2D eigenvalue weighted by molar-refractivity contribution is -0.136. The third kappa shape index (κ3) is 3.48. The molecule has 16 heavy (non-hydrogen) atoms. The number of likely N-dealkylation sites (tertiary alicyclic amines) is 1. The van der Waals surface area contributed by atoms with E-state index in [2.05, 4.69) is 6.92 Å². The van der Waals surface area contributed by atoms with E-state index in [4.69, 9.17) is 11.5 Å². The normalized spacial score (nSPS) is 22.9. The van der Waals surface area contributed by atoms with Gasteiger partial charge in [0.05, 0.1) is 12.5 Å². The van der Waals surface area contributed by atoms with Crippen molar-refractivity contribution >= 4 is 11.8 Å². The van der Waals surface area contributed by atoms with Gasteiger partial charge in [-0.3, -0.25) is 9.59 Å². The molecule has 0 aromatic heterocycles. The minimum Gasteiger partial charge on any atom is -0.370 e. The number of carbonyl (C=O) groups excluding carboxylic acids is 2. The summed E-state index contributed by atoms with van der Waals surface area (Å²) in [6.07, 6.45) is 3.21. The second-order valence-corrected chi connectivity index (χ2v) is 4.48. The predicted molar refractivity (Wildman–Crippen MR) is 61.4 cm³/mol. The molecule has 1 rings (SSSR count). The van der Waals surface area contributed by atoms with Gasteiger partial charge in [-0.1, -0.05) is 13.3 Å². The highest BCUT2D eigenvalue weighted by Crippen LogP contribution is 2.19. The number of piperidine rings is 1. The number of amides is 2. The van der Waals surface area contributed by atoms with Gasteiger partial charge in [-0.15, -0.1) is 0 Å². The molecule has 5 heteroatoms. The smallest absolute Gasteiger partial charge is 0.240 e. The Bertz CT molecular complexity index is 268. The van der Waals surface area contributed by atoms with Gasteiger partial charge in [-0.05, 0) is 18.8 Å². The number of nitrogens with zero attached hydrogens (tertiary/aromatic N) is 1. The highest BCUT2D eigenvalue weighted by Gasteiger charge is 2.26. The van der Waals surface area contributed by atoms with E-state index in [9.17, 15) is 9.59 Å². The Morgan fingerprint density at radius 3 is 2.75 bits per heavy atom. The number of primary amides is 1. The molecule has 0 aromatic rings. The van der Waals surface area contributed by atoms with E-state index in [1.807, 2.05) is 0 Å². The van der Waals surface area contributed by atoms with E-state index < -0.39 is 11.9 Å². The summed E-state index contributed by atoms with van der Waals surface area (Å²) in [4.78, 5) is 24.3. The van der Waals surface area contributed by atoms with Crippen LogP contribution in [0.1, 0.15) is 32.6 Å². The number of nitrogens with two attached hydrogens (primary N) is 2. The summed E-state index contributed by atoms with van der Waals surface area (Å²) >= 11 is 0. The fourth-order valence-electron chi connectivity index (χ4n) is 2.14. The monoisotopic (exact) mass is 227 g/mol. The maximum absolute atomic E-state index is 11.9. The first-order valence-corrected chi connectivity index (χ1v) is 5.87. The number of carbonyl (C=O) groups is 2. The lowest BCUT2D eigenvalue weighted by Crippen LogP contribution is -2.49. The standard InChI is InChI=1S/C11H21N3O2/c1-2-8-4-3-5-14(7-8)11(16)9(12)6-10(13)15/h8-9H,2-7,12H2,1H3,(H2,13,15). The van der Waals surface area contributed by atoms with Crippen molar-refractivity contribution in [1.82, 2.24) is 4.90 Å². The van der Waals surface area contributed by atoms with Gasteiger partial charge in [0, 0.05) is 13.1 Å². The largest absolute Gasteiger partial charge is 0.370 e. The maximum atomic E-state index is 11.9. The van der Waals surface area contributed by atoms with Crippen LogP contribution in [0, 0.1) is 5.92 Å². The van der Waals surface area contributed by atoms with Crippen LogP contribution in [-0.2, 0) is 9.59 Å². The first-order valence-electron chi connectivity index (χ1n) is 5.87. The van der Waals surface area contributed by atoms with Gasteiger partial charge >= 0.3 is 0 Å². The molecule has 2 unspecified atom stereocenters. The molecule has 1 aliphatic heterocycles. The summed E-state index contributed by atoms with van der Waals surface area (Å²) < 4.78 is 0. The zero-order chi connectivity index (χ0) is 12.1. The molecule has 0 bridgehead atoms. The van der Waals surface area contributed by atoms with Crippen molar-refractivity contribution in [3.05, 3.63) is 0 Å². The molecule has 4 N–H and O–H groups in total. The highest BCUT2D eigenvalue weighted by molar-refractivity contribution is 5.87. The Morgan fingerprint density at radius 2 is 2.19 bits per heavy atom. The first-order chi connectivity index (χ1) is 7.54. The fraction of sp³-hybridized carbons (Fsp3) is 0.818. The first kappa shape index (κ1) is 13.0. The van der Waals surface area contributed by atoms with Gasteiger partial charge in [0.15, 0.2) is 0 Å². The van der Waals surface area contributed by atoms with Gasteiger partial charge in [-0.25, -0.2) is 0 Å².